The number of hydrogen-bond acceptors (Lipinski definition) is 4. The summed E-state index contributed by atoms with van der Waals surface area (Å²) in [6.45, 7) is 1.36. The van der Waals surface area contributed by atoms with Crippen LogP contribution >= 0.6 is 0 Å². The van der Waals surface area contributed by atoms with Crippen molar-refractivity contribution >= 4 is 10.0 Å². The summed E-state index contributed by atoms with van der Waals surface area (Å²) < 4.78 is 25.4. The maximum absolute atomic E-state index is 11.5. The average Bonchev–Trinajstić information content (AvgIpc) is 2.50. The summed E-state index contributed by atoms with van der Waals surface area (Å²) in [7, 11) is -3.52. The molecule has 1 rings (SSSR count). The largest absolute Gasteiger partial charge is 0.326 e. The van der Waals surface area contributed by atoms with Crippen LogP contribution in [0.2, 0.25) is 0 Å². The normalized spacial score (nSPS) is 29.8. The summed E-state index contributed by atoms with van der Waals surface area (Å²) in [5, 5.41) is 7.49. The summed E-state index contributed by atoms with van der Waals surface area (Å²) in [4.78, 5) is 0. The molecule has 0 aliphatic heterocycles. The third-order valence-electron chi connectivity index (χ3n) is 2.53. The Kier molecular flexibility index (Phi) is 3.48. The third-order valence-corrected chi connectivity index (χ3v) is 4.20. The molecule has 0 spiro atoms. The average molecular weight is 217 g/mol. The van der Waals surface area contributed by atoms with Gasteiger partial charge >= 0.3 is 0 Å². The Balaban J connectivity index is 2.64. The van der Waals surface area contributed by atoms with Crippen LogP contribution in [-0.2, 0) is 10.0 Å². The fourth-order valence-corrected chi connectivity index (χ4v) is 2.58. The van der Waals surface area contributed by atoms with Crippen LogP contribution in [0.3, 0.4) is 0 Å². The second-order valence-electron chi connectivity index (χ2n) is 3.64. The molecule has 6 heteroatoms. The second-order valence-corrected chi connectivity index (χ2v) is 5.67. The van der Waals surface area contributed by atoms with Crippen molar-refractivity contribution in [3.63, 3.8) is 0 Å². The molecule has 1 fully saturated rings. The first-order valence-electron chi connectivity index (χ1n) is 4.63. The predicted octanol–water partition coefficient (Wildman–Crippen LogP) is -0.302. The van der Waals surface area contributed by atoms with Crippen molar-refractivity contribution in [3.05, 3.63) is 0 Å². The van der Waals surface area contributed by atoms with Crippen LogP contribution in [0.25, 0.3) is 0 Å². The summed E-state index contributed by atoms with van der Waals surface area (Å²) in [5.41, 5.74) is 5.72. The Labute approximate surface area is 84.3 Å². The summed E-state index contributed by atoms with van der Waals surface area (Å²) in [6.07, 6.45) is 2.54. The molecule has 80 valence electrons. The van der Waals surface area contributed by atoms with Crippen LogP contribution in [0.15, 0.2) is 0 Å². The lowest BCUT2D eigenvalue weighted by atomic mass is 10.2. The highest BCUT2D eigenvalue weighted by Gasteiger charge is 2.30. The summed E-state index contributed by atoms with van der Waals surface area (Å²) in [5.74, 6) is 0. The molecule has 0 aromatic heterocycles. The van der Waals surface area contributed by atoms with Crippen LogP contribution in [0.5, 0.6) is 0 Å². The Morgan fingerprint density at radius 1 is 1.57 bits per heavy atom. The van der Waals surface area contributed by atoms with Crippen molar-refractivity contribution in [1.82, 2.24) is 4.72 Å². The lowest BCUT2D eigenvalue weighted by molar-refractivity contribution is 0.519. The maximum Gasteiger partial charge on any atom is 0.227 e. The third kappa shape index (κ3) is 2.44. The van der Waals surface area contributed by atoms with E-state index in [1.165, 1.54) is 6.92 Å². The van der Waals surface area contributed by atoms with Gasteiger partial charge in [0.1, 0.15) is 0 Å². The molecule has 0 aromatic rings. The minimum atomic E-state index is -3.52. The molecule has 3 unspecified atom stereocenters. The van der Waals surface area contributed by atoms with Gasteiger partial charge in [0.05, 0.1) is 6.07 Å². The molecular formula is C8H15N3O2S. The zero-order valence-corrected chi connectivity index (χ0v) is 8.92. The highest BCUT2D eigenvalue weighted by Crippen LogP contribution is 2.18. The van der Waals surface area contributed by atoms with Gasteiger partial charge < -0.3 is 5.73 Å². The van der Waals surface area contributed by atoms with E-state index in [4.69, 9.17) is 11.0 Å². The van der Waals surface area contributed by atoms with Gasteiger partial charge in [-0.25, -0.2) is 13.1 Å². The molecule has 5 nitrogen and oxygen atoms in total. The van der Waals surface area contributed by atoms with E-state index in [1.807, 2.05) is 0 Å². The van der Waals surface area contributed by atoms with Crippen molar-refractivity contribution in [2.24, 2.45) is 5.73 Å². The molecule has 3 N–H and O–H groups in total. The van der Waals surface area contributed by atoms with Gasteiger partial charge in [0.2, 0.25) is 10.0 Å². The van der Waals surface area contributed by atoms with E-state index in [2.05, 4.69) is 4.72 Å². The fraction of sp³-hybridized carbons (Fsp3) is 0.875. The number of nitrogens with zero attached hydrogens (tertiary/aromatic N) is 1. The van der Waals surface area contributed by atoms with Crippen molar-refractivity contribution < 1.29 is 8.42 Å². The van der Waals surface area contributed by atoms with E-state index >= 15 is 0 Å². The van der Waals surface area contributed by atoms with Gasteiger partial charge in [-0.1, -0.05) is 6.42 Å². The molecule has 0 amide bonds. The van der Waals surface area contributed by atoms with Gasteiger partial charge in [0, 0.05) is 12.1 Å². The van der Waals surface area contributed by atoms with Crippen molar-refractivity contribution in [2.45, 2.75) is 43.5 Å². The minimum absolute atomic E-state index is 0.115. The number of nitriles is 1. The Morgan fingerprint density at radius 2 is 2.21 bits per heavy atom. The first-order valence-corrected chi connectivity index (χ1v) is 6.18. The highest BCUT2D eigenvalue weighted by atomic mass is 32.2. The Morgan fingerprint density at radius 3 is 2.64 bits per heavy atom. The Hall–Kier alpha value is -0.640. The first kappa shape index (κ1) is 11.4. The fourth-order valence-electron chi connectivity index (χ4n) is 1.52. The monoisotopic (exact) mass is 217 g/mol. The van der Waals surface area contributed by atoms with Crippen LogP contribution in [-0.4, -0.2) is 25.8 Å². The second kappa shape index (κ2) is 4.26. The lowest BCUT2D eigenvalue weighted by Gasteiger charge is -2.17. The van der Waals surface area contributed by atoms with Crippen molar-refractivity contribution in [1.29, 1.82) is 5.26 Å². The molecule has 0 bridgehead atoms. The zero-order chi connectivity index (χ0) is 10.8. The number of sulfonamides is 1. The van der Waals surface area contributed by atoms with Crippen molar-refractivity contribution in [3.8, 4) is 6.07 Å². The number of hydrogen-bond donors (Lipinski definition) is 2. The van der Waals surface area contributed by atoms with E-state index < -0.39 is 15.3 Å². The molecule has 1 aliphatic rings. The topological polar surface area (TPSA) is 96.0 Å². The number of nitrogens with two attached hydrogens (primary N) is 1. The molecule has 0 radical (unpaired) electrons. The molecule has 0 aromatic carbocycles. The summed E-state index contributed by atoms with van der Waals surface area (Å²) >= 11 is 0. The van der Waals surface area contributed by atoms with E-state index in [0.717, 1.165) is 19.3 Å². The van der Waals surface area contributed by atoms with Gasteiger partial charge in [-0.3, -0.25) is 0 Å². The van der Waals surface area contributed by atoms with Gasteiger partial charge in [-0.05, 0) is 19.8 Å². The lowest BCUT2D eigenvalue weighted by Crippen LogP contribution is -2.46. The molecule has 1 saturated carbocycles. The highest BCUT2D eigenvalue weighted by molar-refractivity contribution is 7.90. The molecule has 14 heavy (non-hydrogen) atoms. The molecule has 1 aliphatic carbocycles. The Bertz CT molecular complexity index is 333. The van der Waals surface area contributed by atoms with Crippen LogP contribution in [0.1, 0.15) is 26.2 Å². The van der Waals surface area contributed by atoms with Crippen LogP contribution in [0, 0.1) is 11.3 Å². The van der Waals surface area contributed by atoms with E-state index in [1.54, 1.807) is 6.07 Å². The van der Waals surface area contributed by atoms with E-state index in [9.17, 15) is 8.42 Å². The van der Waals surface area contributed by atoms with Gasteiger partial charge in [-0.2, -0.15) is 5.26 Å². The van der Waals surface area contributed by atoms with Crippen LogP contribution < -0.4 is 10.5 Å². The molecule has 0 saturated heterocycles. The van der Waals surface area contributed by atoms with E-state index in [0.29, 0.717) is 0 Å². The van der Waals surface area contributed by atoms with E-state index in [-0.39, 0.29) is 12.1 Å². The zero-order valence-electron chi connectivity index (χ0n) is 8.10. The number of rotatable bonds is 3. The SMILES string of the molecule is CC(C#N)S(=O)(=O)NC1CCCC1N. The quantitative estimate of drug-likeness (QED) is 0.678. The smallest absolute Gasteiger partial charge is 0.227 e. The standard InChI is InChI=1S/C8H15N3O2S/c1-6(5-9)14(12,13)11-8-4-2-3-7(8)10/h6-8,11H,2-4,10H2,1H3. The minimum Gasteiger partial charge on any atom is -0.326 e. The first-order chi connectivity index (χ1) is 6.47. The van der Waals surface area contributed by atoms with Gasteiger partial charge in [0.15, 0.2) is 5.25 Å². The van der Waals surface area contributed by atoms with Crippen molar-refractivity contribution in [2.75, 3.05) is 0 Å². The molecule has 0 heterocycles. The van der Waals surface area contributed by atoms with Gasteiger partial charge in [0.25, 0.3) is 0 Å². The maximum atomic E-state index is 11.5. The predicted molar refractivity (Wildman–Crippen MR) is 52.7 cm³/mol. The van der Waals surface area contributed by atoms with Crippen LogP contribution in [0.4, 0.5) is 0 Å². The number of nitrogens with one attached hydrogen (secondary N) is 1. The molecule has 3 atom stereocenters. The summed E-state index contributed by atoms with van der Waals surface area (Å²) in [6, 6.07) is 1.39. The molecular weight excluding hydrogens is 202 g/mol. The van der Waals surface area contributed by atoms with Gasteiger partial charge in [-0.15, -0.1) is 0 Å².